The van der Waals surface area contributed by atoms with Crippen LogP contribution >= 0.6 is 0 Å². The number of aromatic amines is 1. The third-order valence-corrected chi connectivity index (χ3v) is 7.16. The van der Waals surface area contributed by atoms with Crippen molar-refractivity contribution in [1.82, 2.24) is 25.1 Å². The third kappa shape index (κ3) is 4.69. The molecule has 8 heteroatoms. The second-order valence-corrected chi connectivity index (χ2v) is 9.48. The average molecular weight is 446 g/mol. The van der Waals surface area contributed by atoms with Gasteiger partial charge in [0.05, 0.1) is 11.4 Å². The van der Waals surface area contributed by atoms with Crippen molar-refractivity contribution in [2.75, 3.05) is 23.7 Å². The van der Waals surface area contributed by atoms with Crippen molar-refractivity contribution in [3.8, 4) is 0 Å². The minimum atomic E-state index is 0.0240. The van der Waals surface area contributed by atoms with Crippen LogP contribution in [-0.2, 0) is 12.8 Å². The summed E-state index contributed by atoms with van der Waals surface area (Å²) in [6.07, 6.45) is 9.98. The van der Waals surface area contributed by atoms with E-state index in [9.17, 15) is 4.79 Å². The Morgan fingerprint density at radius 2 is 1.97 bits per heavy atom. The maximum Gasteiger partial charge on any atom is 0.321 e. The topological polar surface area (TPSA) is 98.8 Å². The lowest BCUT2D eigenvalue weighted by Gasteiger charge is -2.37. The Hall–Kier alpha value is -3.42. The quantitative estimate of drug-likeness (QED) is 0.508. The molecule has 2 fully saturated rings. The summed E-state index contributed by atoms with van der Waals surface area (Å²) >= 11 is 0. The smallest absolute Gasteiger partial charge is 0.321 e. The molecule has 1 aromatic carbocycles. The normalized spacial score (nSPS) is 16.6. The molecular formula is C25H31N7O. The fourth-order valence-electron chi connectivity index (χ4n) is 4.89. The Morgan fingerprint density at radius 1 is 1.12 bits per heavy atom. The van der Waals surface area contributed by atoms with Crippen molar-refractivity contribution in [3.05, 3.63) is 59.2 Å². The van der Waals surface area contributed by atoms with Crippen LogP contribution in [0.15, 0.2) is 36.7 Å². The summed E-state index contributed by atoms with van der Waals surface area (Å²) in [6, 6.07) is 8.19. The largest absolute Gasteiger partial charge is 0.324 e. The molecule has 3 aromatic rings. The standard InChI is InChI=1S/C25H31N7O/c1-17-4-6-20(28-24(33)32-13-10-25(16-32)8-3-9-25)14-19(17)5-7-21-15-22(31-30-21)29-23-18(2)26-11-12-27-23/h4,6,11-12,14-15H,3,5,7-10,13,16H2,1-2H3,(H,28,33)(H2,27,29,30,31). The summed E-state index contributed by atoms with van der Waals surface area (Å²) < 4.78 is 0. The van der Waals surface area contributed by atoms with Gasteiger partial charge in [0.2, 0.25) is 0 Å². The van der Waals surface area contributed by atoms with E-state index < -0.39 is 0 Å². The molecule has 1 saturated heterocycles. The van der Waals surface area contributed by atoms with Crippen LogP contribution in [0, 0.1) is 19.3 Å². The number of nitrogens with zero attached hydrogens (tertiary/aromatic N) is 4. The Balaban J connectivity index is 1.18. The Labute approximate surface area is 194 Å². The first-order chi connectivity index (χ1) is 16.0. The SMILES string of the molecule is Cc1ccc(NC(=O)N2CCC3(CCC3)C2)cc1CCc1cc(Nc2nccnc2C)[nH]n1. The van der Waals surface area contributed by atoms with Gasteiger partial charge in [0, 0.05) is 37.2 Å². The zero-order valence-corrected chi connectivity index (χ0v) is 19.3. The molecule has 2 aliphatic rings. The van der Waals surface area contributed by atoms with Crippen LogP contribution in [0.5, 0.6) is 0 Å². The van der Waals surface area contributed by atoms with Crippen molar-refractivity contribution >= 4 is 23.4 Å². The molecular weight excluding hydrogens is 414 g/mol. The van der Waals surface area contributed by atoms with Gasteiger partial charge in [0.25, 0.3) is 0 Å². The first kappa shape index (κ1) is 21.4. The molecule has 0 atom stereocenters. The number of likely N-dealkylation sites (tertiary alicyclic amines) is 1. The van der Waals surface area contributed by atoms with Crippen molar-refractivity contribution in [3.63, 3.8) is 0 Å². The Kier molecular flexibility index (Phi) is 5.74. The number of hydrogen-bond acceptors (Lipinski definition) is 5. The molecule has 172 valence electrons. The van der Waals surface area contributed by atoms with Crippen molar-refractivity contribution in [2.45, 2.75) is 52.4 Å². The molecule has 3 heterocycles. The number of aromatic nitrogens is 4. The lowest BCUT2D eigenvalue weighted by molar-refractivity contribution is 0.144. The summed E-state index contributed by atoms with van der Waals surface area (Å²) in [4.78, 5) is 23.3. The minimum absolute atomic E-state index is 0.0240. The molecule has 3 N–H and O–H groups in total. The Morgan fingerprint density at radius 3 is 2.73 bits per heavy atom. The van der Waals surface area contributed by atoms with Crippen LogP contribution in [0.2, 0.25) is 0 Å². The fraction of sp³-hybridized carbons (Fsp3) is 0.440. The van der Waals surface area contributed by atoms with E-state index in [1.54, 1.807) is 12.4 Å². The minimum Gasteiger partial charge on any atom is -0.324 e. The molecule has 8 nitrogen and oxygen atoms in total. The highest BCUT2D eigenvalue weighted by atomic mass is 16.2. The van der Waals surface area contributed by atoms with Crippen LogP contribution in [0.4, 0.5) is 22.1 Å². The number of carbonyl (C=O) groups excluding carboxylic acids is 1. The first-order valence-electron chi connectivity index (χ1n) is 11.7. The molecule has 5 rings (SSSR count). The first-order valence-corrected chi connectivity index (χ1v) is 11.7. The molecule has 33 heavy (non-hydrogen) atoms. The average Bonchev–Trinajstić information content (AvgIpc) is 3.43. The molecule has 0 unspecified atom stereocenters. The lowest BCUT2D eigenvalue weighted by Crippen LogP contribution is -2.37. The zero-order valence-electron chi connectivity index (χ0n) is 19.3. The van der Waals surface area contributed by atoms with Gasteiger partial charge in [-0.2, -0.15) is 5.10 Å². The van der Waals surface area contributed by atoms with E-state index in [2.05, 4.69) is 49.9 Å². The summed E-state index contributed by atoms with van der Waals surface area (Å²) in [5.41, 5.74) is 5.51. The number of rotatable bonds is 6. The number of nitrogens with one attached hydrogen (secondary N) is 3. The van der Waals surface area contributed by atoms with E-state index in [1.807, 2.05) is 24.0 Å². The number of hydrogen-bond donors (Lipinski definition) is 3. The van der Waals surface area contributed by atoms with E-state index in [0.29, 0.717) is 11.2 Å². The molecule has 1 aliphatic heterocycles. The third-order valence-electron chi connectivity index (χ3n) is 7.16. The maximum atomic E-state index is 12.8. The second kappa shape index (κ2) is 8.84. The molecule has 2 amide bonds. The number of carbonyl (C=O) groups is 1. The van der Waals surface area contributed by atoms with Gasteiger partial charge in [0.15, 0.2) is 5.82 Å². The highest BCUT2D eigenvalue weighted by molar-refractivity contribution is 5.89. The highest BCUT2D eigenvalue weighted by Gasteiger charge is 2.44. The van der Waals surface area contributed by atoms with E-state index in [-0.39, 0.29) is 6.03 Å². The highest BCUT2D eigenvalue weighted by Crippen LogP contribution is 2.48. The number of aryl methyl sites for hydroxylation is 4. The number of H-pyrrole nitrogens is 1. The van der Waals surface area contributed by atoms with Crippen molar-refractivity contribution in [2.24, 2.45) is 5.41 Å². The van der Waals surface area contributed by atoms with E-state index in [0.717, 1.165) is 55.2 Å². The summed E-state index contributed by atoms with van der Waals surface area (Å²) in [7, 11) is 0. The molecule has 0 bridgehead atoms. The van der Waals surface area contributed by atoms with Gasteiger partial charge >= 0.3 is 6.03 Å². The van der Waals surface area contributed by atoms with Crippen LogP contribution in [0.25, 0.3) is 0 Å². The molecule has 2 aromatic heterocycles. The van der Waals surface area contributed by atoms with Crippen LogP contribution < -0.4 is 10.6 Å². The maximum absolute atomic E-state index is 12.8. The summed E-state index contributed by atoms with van der Waals surface area (Å²) in [5, 5.41) is 13.8. The van der Waals surface area contributed by atoms with Gasteiger partial charge in [0.1, 0.15) is 5.82 Å². The molecule has 1 spiro atoms. The van der Waals surface area contributed by atoms with Crippen molar-refractivity contribution in [1.29, 1.82) is 0 Å². The number of amides is 2. The number of benzene rings is 1. The van der Waals surface area contributed by atoms with Gasteiger partial charge < -0.3 is 15.5 Å². The predicted octanol–water partition coefficient (Wildman–Crippen LogP) is 4.75. The van der Waals surface area contributed by atoms with E-state index >= 15 is 0 Å². The molecule has 1 saturated carbocycles. The Bertz CT molecular complexity index is 1150. The zero-order chi connectivity index (χ0) is 22.8. The second-order valence-electron chi connectivity index (χ2n) is 9.48. The van der Waals surface area contributed by atoms with Crippen LogP contribution in [0.3, 0.4) is 0 Å². The van der Waals surface area contributed by atoms with E-state index in [4.69, 9.17) is 0 Å². The summed E-state index contributed by atoms with van der Waals surface area (Å²) in [6.45, 7) is 5.79. The molecule has 0 radical (unpaired) electrons. The predicted molar refractivity (Wildman–Crippen MR) is 129 cm³/mol. The summed E-state index contributed by atoms with van der Waals surface area (Å²) in [5.74, 6) is 1.51. The lowest BCUT2D eigenvalue weighted by atomic mass is 9.68. The van der Waals surface area contributed by atoms with Crippen LogP contribution in [-0.4, -0.2) is 44.2 Å². The van der Waals surface area contributed by atoms with Gasteiger partial charge in [-0.15, -0.1) is 0 Å². The molecule has 1 aliphatic carbocycles. The van der Waals surface area contributed by atoms with Crippen molar-refractivity contribution < 1.29 is 4.79 Å². The van der Waals surface area contributed by atoms with Gasteiger partial charge in [-0.1, -0.05) is 12.5 Å². The van der Waals surface area contributed by atoms with Gasteiger partial charge in [-0.05, 0) is 74.6 Å². The monoisotopic (exact) mass is 445 g/mol. The fourth-order valence-corrected chi connectivity index (χ4v) is 4.89. The number of anilines is 3. The van der Waals surface area contributed by atoms with Gasteiger partial charge in [-0.25, -0.2) is 9.78 Å². The van der Waals surface area contributed by atoms with Gasteiger partial charge in [-0.3, -0.25) is 10.1 Å². The number of urea groups is 1. The van der Waals surface area contributed by atoms with E-state index in [1.165, 1.54) is 30.4 Å². The van der Waals surface area contributed by atoms with Crippen LogP contribution in [0.1, 0.15) is 48.2 Å².